The molecule has 98 valence electrons. The first-order valence-electron chi connectivity index (χ1n) is 5.82. The van der Waals surface area contributed by atoms with Gasteiger partial charge in [-0.2, -0.15) is 0 Å². The highest BCUT2D eigenvalue weighted by Gasteiger charge is 2.07. The van der Waals surface area contributed by atoms with E-state index in [0.29, 0.717) is 13.1 Å². The maximum atomic E-state index is 9.69. The standard InChI is InChI=1S/C12H18N4O2/c1-10(7-15-16-13)14-8-11(17)9-18-12-5-3-2-4-6-12/h2-6,10-11,14,17H,7-9H2,1H3/t10-,11?/m1/s1. The number of aliphatic hydroxyl groups excluding tert-OH is 1. The zero-order valence-electron chi connectivity index (χ0n) is 10.4. The third-order valence-corrected chi connectivity index (χ3v) is 2.31. The summed E-state index contributed by atoms with van der Waals surface area (Å²) < 4.78 is 5.41. The average molecular weight is 250 g/mol. The molecule has 0 spiro atoms. The van der Waals surface area contributed by atoms with E-state index in [1.54, 1.807) is 0 Å². The molecule has 0 saturated carbocycles. The monoisotopic (exact) mass is 250 g/mol. The molecular weight excluding hydrogens is 232 g/mol. The summed E-state index contributed by atoms with van der Waals surface area (Å²) in [6, 6.07) is 9.37. The third-order valence-electron chi connectivity index (χ3n) is 2.31. The lowest BCUT2D eigenvalue weighted by molar-refractivity contribution is 0.104. The Hall–Kier alpha value is -1.75. The van der Waals surface area contributed by atoms with E-state index in [1.807, 2.05) is 37.3 Å². The van der Waals surface area contributed by atoms with Gasteiger partial charge < -0.3 is 15.2 Å². The first kappa shape index (κ1) is 14.3. The number of benzene rings is 1. The molecule has 0 aromatic heterocycles. The Balaban J connectivity index is 2.17. The number of nitrogens with one attached hydrogen (secondary N) is 1. The van der Waals surface area contributed by atoms with Crippen molar-refractivity contribution < 1.29 is 9.84 Å². The number of rotatable bonds is 8. The van der Waals surface area contributed by atoms with Crippen molar-refractivity contribution >= 4 is 0 Å². The first-order chi connectivity index (χ1) is 8.72. The molecule has 0 amide bonds. The zero-order chi connectivity index (χ0) is 13.2. The Bertz CT molecular complexity index is 379. The van der Waals surface area contributed by atoms with E-state index in [1.165, 1.54) is 0 Å². The molecule has 0 aliphatic rings. The molecule has 6 nitrogen and oxygen atoms in total. The third kappa shape index (κ3) is 6.10. The van der Waals surface area contributed by atoms with Crippen LogP contribution in [-0.2, 0) is 0 Å². The summed E-state index contributed by atoms with van der Waals surface area (Å²) in [4.78, 5) is 2.68. The number of azide groups is 1. The molecule has 0 aliphatic carbocycles. The van der Waals surface area contributed by atoms with Crippen LogP contribution in [0.5, 0.6) is 5.75 Å². The van der Waals surface area contributed by atoms with Crippen molar-refractivity contribution in [3.63, 3.8) is 0 Å². The van der Waals surface area contributed by atoms with Gasteiger partial charge in [0.1, 0.15) is 18.5 Å². The summed E-state index contributed by atoms with van der Waals surface area (Å²) in [7, 11) is 0. The number of nitrogens with zero attached hydrogens (tertiary/aromatic N) is 3. The number of aliphatic hydroxyl groups is 1. The van der Waals surface area contributed by atoms with Crippen LogP contribution in [0.2, 0.25) is 0 Å². The van der Waals surface area contributed by atoms with Crippen molar-refractivity contribution in [2.24, 2.45) is 5.11 Å². The maximum Gasteiger partial charge on any atom is 0.119 e. The number of hydrogen-bond donors (Lipinski definition) is 2. The van der Waals surface area contributed by atoms with Crippen LogP contribution in [0.3, 0.4) is 0 Å². The van der Waals surface area contributed by atoms with Crippen LogP contribution < -0.4 is 10.1 Å². The highest BCUT2D eigenvalue weighted by molar-refractivity contribution is 5.20. The molecule has 0 radical (unpaired) electrons. The van der Waals surface area contributed by atoms with Crippen molar-refractivity contribution in [3.05, 3.63) is 40.8 Å². The van der Waals surface area contributed by atoms with E-state index in [4.69, 9.17) is 10.3 Å². The Kier molecular flexibility index (Phi) is 6.64. The van der Waals surface area contributed by atoms with E-state index < -0.39 is 6.10 Å². The van der Waals surface area contributed by atoms with Crippen LogP contribution in [0.1, 0.15) is 6.92 Å². The number of ether oxygens (including phenoxy) is 1. The Morgan fingerprint density at radius 1 is 1.44 bits per heavy atom. The minimum absolute atomic E-state index is 0.0345. The van der Waals surface area contributed by atoms with Gasteiger partial charge in [-0.05, 0) is 24.6 Å². The van der Waals surface area contributed by atoms with Gasteiger partial charge in [-0.25, -0.2) is 0 Å². The summed E-state index contributed by atoms with van der Waals surface area (Å²) in [5.74, 6) is 0.735. The highest BCUT2D eigenvalue weighted by Crippen LogP contribution is 2.08. The van der Waals surface area contributed by atoms with Crippen molar-refractivity contribution in [1.82, 2.24) is 5.32 Å². The molecule has 0 saturated heterocycles. The summed E-state index contributed by atoms with van der Waals surface area (Å²) >= 11 is 0. The Labute approximate surface area is 106 Å². The number of hydrogen-bond acceptors (Lipinski definition) is 4. The molecule has 0 heterocycles. The fourth-order valence-electron chi connectivity index (χ4n) is 1.33. The summed E-state index contributed by atoms with van der Waals surface area (Å²) in [6.45, 7) is 2.88. The zero-order valence-corrected chi connectivity index (χ0v) is 10.4. The van der Waals surface area contributed by atoms with Gasteiger partial charge in [0.25, 0.3) is 0 Å². The van der Waals surface area contributed by atoms with Crippen LogP contribution in [0.15, 0.2) is 35.4 Å². The van der Waals surface area contributed by atoms with Gasteiger partial charge in [0.2, 0.25) is 0 Å². The average Bonchev–Trinajstić information content (AvgIpc) is 2.41. The van der Waals surface area contributed by atoms with Gasteiger partial charge >= 0.3 is 0 Å². The molecule has 1 aromatic rings. The van der Waals surface area contributed by atoms with Gasteiger partial charge in [0, 0.05) is 24.0 Å². The van der Waals surface area contributed by atoms with Crippen molar-refractivity contribution in [2.75, 3.05) is 19.7 Å². The lowest BCUT2D eigenvalue weighted by Crippen LogP contribution is -2.37. The van der Waals surface area contributed by atoms with Crippen molar-refractivity contribution in [3.8, 4) is 5.75 Å². The van der Waals surface area contributed by atoms with E-state index in [9.17, 15) is 5.11 Å². The van der Waals surface area contributed by atoms with Crippen molar-refractivity contribution in [2.45, 2.75) is 19.1 Å². The normalized spacial score (nSPS) is 13.4. The van der Waals surface area contributed by atoms with Crippen LogP contribution >= 0.6 is 0 Å². The fraction of sp³-hybridized carbons (Fsp3) is 0.500. The molecule has 1 unspecified atom stereocenters. The quantitative estimate of drug-likeness (QED) is 0.418. The second-order valence-electron chi connectivity index (χ2n) is 4.00. The molecule has 2 N–H and O–H groups in total. The summed E-state index contributed by atoms with van der Waals surface area (Å²) in [6.07, 6.45) is -0.598. The molecule has 6 heteroatoms. The first-order valence-corrected chi connectivity index (χ1v) is 5.82. The SMILES string of the molecule is C[C@H](CN=[N+]=[N-])NCC(O)COc1ccccc1. The number of para-hydroxylation sites is 1. The largest absolute Gasteiger partial charge is 0.491 e. The summed E-state index contributed by atoms with van der Waals surface area (Å²) in [5, 5.41) is 16.2. The fourth-order valence-corrected chi connectivity index (χ4v) is 1.33. The second kappa shape index (κ2) is 8.36. The topological polar surface area (TPSA) is 90.3 Å². The minimum Gasteiger partial charge on any atom is -0.491 e. The van der Waals surface area contributed by atoms with E-state index in [0.717, 1.165) is 5.75 Å². The van der Waals surface area contributed by atoms with E-state index >= 15 is 0 Å². The molecular formula is C12H18N4O2. The lowest BCUT2D eigenvalue weighted by atomic mass is 10.3. The van der Waals surface area contributed by atoms with Crippen molar-refractivity contribution in [1.29, 1.82) is 0 Å². The smallest absolute Gasteiger partial charge is 0.119 e. The highest BCUT2D eigenvalue weighted by atomic mass is 16.5. The Morgan fingerprint density at radius 2 is 2.17 bits per heavy atom. The van der Waals surface area contributed by atoms with E-state index in [2.05, 4.69) is 15.3 Å². The molecule has 0 aliphatic heterocycles. The molecule has 0 bridgehead atoms. The van der Waals surface area contributed by atoms with Gasteiger partial charge in [-0.3, -0.25) is 0 Å². The van der Waals surface area contributed by atoms with Crippen LogP contribution in [0, 0.1) is 0 Å². The minimum atomic E-state index is -0.598. The lowest BCUT2D eigenvalue weighted by Gasteiger charge is -2.16. The van der Waals surface area contributed by atoms with Gasteiger partial charge in [-0.15, -0.1) is 0 Å². The summed E-state index contributed by atoms with van der Waals surface area (Å²) in [5.41, 5.74) is 8.16. The van der Waals surface area contributed by atoms with Gasteiger partial charge in [0.05, 0.1) is 0 Å². The predicted octanol–water partition coefficient (Wildman–Crippen LogP) is 1.71. The van der Waals surface area contributed by atoms with Gasteiger partial charge in [0.15, 0.2) is 0 Å². The Morgan fingerprint density at radius 3 is 2.83 bits per heavy atom. The van der Waals surface area contributed by atoms with Gasteiger partial charge in [-0.1, -0.05) is 23.3 Å². The van der Waals surface area contributed by atoms with Crippen LogP contribution in [0.25, 0.3) is 10.4 Å². The second-order valence-corrected chi connectivity index (χ2v) is 4.00. The van der Waals surface area contributed by atoms with Crippen LogP contribution in [-0.4, -0.2) is 36.9 Å². The van der Waals surface area contributed by atoms with E-state index in [-0.39, 0.29) is 12.6 Å². The molecule has 1 aromatic carbocycles. The molecule has 0 fully saturated rings. The van der Waals surface area contributed by atoms with Crippen LogP contribution in [0.4, 0.5) is 0 Å². The maximum absolute atomic E-state index is 9.69. The molecule has 18 heavy (non-hydrogen) atoms. The molecule has 2 atom stereocenters. The predicted molar refractivity (Wildman–Crippen MR) is 69.4 cm³/mol. The molecule has 1 rings (SSSR count).